The molecule has 5 heteroatoms. The first-order valence-electron chi connectivity index (χ1n) is 5.45. The first-order valence-corrected chi connectivity index (χ1v) is 6.71. The van der Waals surface area contributed by atoms with Gasteiger partial charge in [-0.1, -0.05) is 18.0 Å². The van der Waals surface area contributed by atoms with Gasteiger partial charge in [0.25, 0.3) is 0 Å². The molecule has 88 valence electrons. The molecule has 1 fully saturated rings. The summed E-state index contributed by atoms with van der Waals surface area (Å²) in [6, 6.07) is 0. The van der Waals surface area contributed by atoms with E-state index in [4.69, 9.17) is 11.6 Å². The number of thiazole rings is 1. The van der Waals surface area contributed by atoms with E-state index in [0.29, 0.717) is 5.15 Å². The maximum atomic E-state index is 10.9. The molecule has 1 aromatic rings. The molecule has 0 spiro atoms. The fourth-order valence-electron chi connectivity index (χ4n) is 2.52. The molecule has 0 amide bonds. The van der Waals surface area contributed by atoms with Crippen molar-refractivity contribution in [1.29, 1.82) is 0 Å². The molecule has 0 bridgehead atoms. The number of nitrogens with one attached hydrogen (secondary N) is 1. The van der Waals surface area contributed by atoms with E-state index < -0.39 is 0 Å². The zero-order chi connectivity index (χ0) is 11.6. The maximum Gasteiger partial charge on any atom is 0.145 e. The second-order valence-electron chi connectivity index (χ2n) is 4.30. The van der Waals surface area contributed by atoms with E-state index in [-0.39, 0.29) is 11.5 Å². The Morgan fingerprint density at radius 1 is 1.75 bits per heavy atom. The van der Waals surface area contributed by atoms with Crippen molar-refractivity contribution in [1.82, 2.24) is 10.3 Å². The molecule has 3 nitrogen and oxygen atoms in total. The number of halogens is 1. The third-order valence-electron chi connectivity index (χ3n) is 3.42. The Morgan fingerprint density at radius 2 is 2.56 bits per heavy atom. The Hall–Kier alpha value is -0.450. The van der Waals surface area contributed by atoms with Crippen molar-refractivity contribution >= 4 is 29.2 Å². The van der Waals surface area contributed by atoms with Crippen molar-refractivity contribution in [2.24, 2.45) is 5.92 Å². The molecule has 1 unspecified atom stereocenters. The fraction of sp³-hybridized carbons (Fsp3) is 0.636. The third kappa shape index (κ3) is 2.01. The monoisotopic (exact) mass is 258 g/mol. The summed E-state index contributed by atoms with van der Waals surface area (Å²) in [5.74, 6) is 0.138. The van der Waals surface area contributed by atoms with Crippen LogP contribution in [0.2, 0.25) is 5.15 Å². The lowest BCUT2D eigenvalue weighted by molar-refractivity contribution is -0.112. The Morgan fingerprint density at radius 3 is 3.12 bits per heavy atom. The number of rotatable bonds is 3. The van der Waals surface area contributed by atoms with Gasteiger partial charge in [-0.15, -0.1) is 11.3 Å². The van der Waals surface area contributed by atoms with E-state index in [0.717, 1.165) is 36.8 Å². The van der Waals surface area contributed by atoms with E-state index >= 15 is 0 Å². The minimum atomic E-state index is -0.151. The van der Waals surface area contributed by atoms with Crippen molar-refractivity contribution in [3.05, 3.63) is 15.5 Å². The number of nitrogens with zero attached hydrogens (tertiary/aromatic N) is 1. The minimum Gasteiger partial charge on any atom is -0.310 e. The van der Waals surface area contributed by atoms with Crippen molar-refractivity contribution in [3.63, 3.8) is 0 Å². The predicted molar refractivity (Wildman–Crippen MR) is 65.9 cm³/mol. The largest absolute Gasteiger partial charge is 0.310 e. The summed E-state index contributed by atoms with van der Waals surface area (Å²) in [4.78, 5) is 16.1. The number of carbonyl (C=O) groups is 1. The molecule has 1 aromatic heterocycles. The molecular weight excluding hydrogens is 244 g/mol. The average molecular weight is 259 g/mol. The summed E-state index contributed by atoms with van der Waals surface area (Å²) in [5.41, 5.74) is 1.61. The van der Waals surface area contributed by atoms with Crippen LogP contribution in [0.5, 0.6) is 0 Å². The van der Waals surface area contributed by atoms with Crippen LogP contribution in [0.15, 0.2) is 5.51 Å². The van der Waals surface area contributed by atoms with Crippen LogP contribution in [-0.2, 0) is 10.3 Å². The molecule has 1 N–H and O–H groups in total. The molecule has 0 radical (unpaired) electrons. The first-order chi connectivity index (χ1) is 7.72. The standard InChI is InChI=1S/C11H15ClN2OS/c1-13-11(9-10(12)14-7-16-9)4-2-3-8(5-11)6-15/h6-8,13H,2-5H2,1H3/t8?,11-/m1/s1. The van der Waals surface area contributed by atoms with Gasteiger partial charge in [0.05, 0.1) is 15.9 Å². The van der Waals surface area contributed by atoms with Crippen LogP contribution in [0.4, 0.5) is 0 Å². The molecule has 1 aliphatic rings. The second kappa shape index (κ2) is 4.82. The second-order valence-corrected chi connectivity index (χ2v) is 5.51. The zero-order valence-electron chi connectivity index (χ0n) is 9.20. The molecule has 2 rings (SSSR count). The highest BCUT2D eigenvalue weighted by Crippen LogP contribution is 2.43. The van der Waals surface area contributed by atoms with Crippen molar-refractivity contribution in [3.8, 4) is 0 Å². The quantitative estimate of drug-likeness (QED) is 0.848. The van der Waals surface area contributed by atoms with Gasteiger partial charge in [-0.2, -0.15) is 0 Å². The van der Waals surface area contributed by atoms with E-state index in [2.05, 4.69) is 10.3 Å². The smallest absolute Gasteiger partial charge is 0.145 e. The maximum absolute atomic E-state index is 10.9. The summed E-state index contributed by atoms with van der Waals surface area (Å²) < 4.78 is 0. The van der Waals surface area contributed by atoms with Gasteiger partial charge in [0.15, 0.2) is 0 Å². The minimum absolute atomic E-state index is 0.138. The van der Waals surface area contributed by atoms with Crippen molar-refractivity contribution < 1.29 is 4.79 Å². The van der Waals surface area contributed by atoms with E-state index in [1.165, 1.54) is 0 Å². The van der Waals surface area contributed by atoms with E-state index in [1.54, 1.807) is 16.8 Å². The first kappa shape index (κ1) is 12.0. The summed E-state index contributed by atoms with van der Waals surface area (Å²) in [7, 11) is 1.93. The van der Waals surface area contributed by atoms with Gasteiger partial charge < -0.3 is 10.1 Å². The molecule has 0 aliphatic heterocycles. The lowest BCUT2D eigenvalue weighted by atomic mass is 9.75. The molecule has 1 heterocycles. The Balaban J connectivity index is 2.32. The van der Waals surface area contributed by atoms with Gasteiger partial charge in [-0.3, -0.25) is 0 Å². The highest BCUT2D eigenvalue weighted by molar-refractivity contribution is 7.10. The Labute approximate surface area is 104 Å². The predicted octanol–water partition coefficient (Wildman–Crippen LogP) is 2.60. The number of aldehydes is 1. The summed E-state index contributed by atoms with van der Waals surface area (Å²) in [5, 5.41) is 3.93. The average Bonchev–Trinajstić information content (AvgIpc) is 2.76. The van der Waals surface area contributed by atoms with Gasteiger partial charge in [0.1, 0.15) is 11.4 Å². The summed E-state index contributed by atoms with van der Waals surface area (Å²) in [6.07, 6.45) is 4.96. The van der Waals surface area contributed by atoms with Gasteiger partial charge in [-0.05, 0) is 26.3 Å². The van der Waals surface area contributed by atoms with Gasteiger partial charge in [0, 0.05) is 5.92 Å². The van der Waals surface area contributed by atoms with Crippen LogP contribution in [0.1, 0.15) is 30.6 Å². The fourth-order valence-corrected chi connectivity index (χ4v) is 3.87. The normalized spacial score (nSPS) is 30.2. The molecule has 1 aliphatic carbocycles. The number of hydrogen-bond acceptors (Lipinski definition) is 4. The van der Waals surface area contributed by atoms with Crippen molar-refractivity contribution in [2.75, 3.05) is 7.05 Å². The van der Waals surface area contributed by atoms with E-state index in [9.17, 15) is 4.79 Å². The highest BCUT2D eigenvalue weighted by atomic mass is 35.5. The molecule has 1 saturated carbocycles. The van der Waals surface area contributed by atoms with Crippen LogP contribution in [0.25, 0.3) is 0 Å². The molecule has 16 heavy (non-hydrogen) atoms. The molecular formula is C11H15ClN2OS. The van der Waals surface area contributed by atoms with E-state index in [1.807, 2.05) is 7.05 Å². The summed E-state index contributed by atoms with van der Waals surface area (Å²) >= 11 is 7.67. The van der Waals surface area contributed by atoms with Crippen molar-refractivity contribution in [2.45, 2.75) is 31.2 Å². The Bertz CT molecular complexity index is 382. The van der Waals surface area contributed by atoms with Crippen LogP contribution in [0, 0.1) is 5.92 Å². The topological polar surface area (TPSA) is 42.0 Å². The van der Waals surface area contributed by atoms with Crippen LogP contribution < -0.4 is 5.32 Å². The summed E-state index contributed by atoms with van der Waals surface area (Å²) in [6.45, 7) is 0. The molecule has 0 saturated heterocycles. The van der Waals surface area contributed by atoms with Gasteiger partial charge in [0.2, 0.25) is 0 Å². The number of aromatic nitrogens is 1. The lowest BCUT2D eigenvalue weighted by Gasteiger charge is -2.38. The SMILES string of the molecule is CN[C@]1(c2scnc2Cl)CCCC(C=O)C1. The molecule has 0 aromatic carbocycles. The lowest BCUT2D eigenvalue weighted by Crippen LogP contribution is -2.44. The number of carbonyl (C=O) groups excluding carboxylic acids is 1. The molecule has 2 atom stereocenters. The highest BCUT2D eigenvalue weighted by Gasteiger charge is 2.39. The number of hydrogen-bond donors (Lipinski definition) is 1. The van der Waals surface area contributed by atoms with Gasteiger partial charge in [-0.25, -0.2) is 4.98 Å². The van der Waals surface area contributed by atoms with Gasteiger partial charge >= 0.3 is 0 Å². The Kier molecular flexibility index (Phi) is 3.62. The van der Waals surface area contributed by atoms with Crippen LogP contribution in [-0.4, -0.2) is 18.3 Å². The zero-order valence-corrected chi connectivity index (χ0v) is 10.8. The third-order valence-corrected chi connectivity index (χ3v) is 4.85. The van der Waals surface area contributed by atoms with Crippen LogP contribution >= 0.6 is 22.9 Å². The van der Waals surface area contributed by atoms with Crippen LogP contribution in [0.3, 0.4) is 0 Å².